The van der Waals surface area contributed by atoms with Gasteiger partial charge in [0.15, 0.2) is 0 Å². The first kappa shape index (κ1) is 15.6. The van der Waals surface area contributed by atoms with Crippen LogP contribution in [0.15, 0.2) is 0 Å². The Hall–Kier alpha value is 1.63. The quantitative estimate of drug-likeness (QED) is 0.500. The van der Waals surface area contributed by atoms with Gasteiger partial charge in [0, 0.05) is 32.7 Å². The summed E-state index contributed by atoms with van der Waals surface area (Å²) in [5, 5.41) is 13.9. The van der Waals surface area contributed by atoms with E-state index in [1.807, 2.05) is 0 Å². The molecule has 0 fully saturated rings. The molecule has 0 aromatic rings. The normalized spacial score (nSPS) is 4.00. The summed E-state index contributed by atoms with van der Waals surface area (Å²) < 4.78 is 0. The van der Waals surface area contributed by atoms with Crippen LogP contribution in [0, 0.1) is 0 Å². The zero-order chi connectivity index (χ0) is 3.58. The van der Waals surface area contributed by atoms with Gasteiger partial charge in [-0.1, -0.05) is 0 Å². The number of hydrogen-bond acceptors (Lipinski definition) is 1. The van der Waals surface area contributed by atoms with Crippen LogP contribution in [0.3, 0.4) is 0 Å². The fourth-order valence-corrected chi connectivity index (χ4v) is 0. The second-order valence-electron chi connectivity index (χ2n) is 0.283. The number of carboxylic acid groups (broad SMARTS) is 2. The zero-order valence-corrected chi connectivity index (χ0v) is 5.22. The van der Waals surface area contributed by atoms with E-state index in [0.29, 0.717) is 0 Å². The van der Waals surface area contributed by atoms with Crippen LogP contribution >= 0.6 is 0 Å². The molecule has 0 saturated carbocycles. The molecule has 0 unspecified atom stereocenters. The standard InChI is InChI=1S/CH2O3.Ca.Y.2H/c2-1(3)4;;;;/h(H2,2,3,4);;;;. The van der Waals surface area contributed by atoms with Gasteiger partial charge in [-0.05, 0) is 0 Å². The van der Waals surface area contributed by atoms with Gasteiger partial charge in [-0.2, -0.15) is 0 Å². The van der Waals surface area contributed by atoms with Gasteiger partial charge >= 0.3 is 43.9 Å². The molecule has 0 aliphatic rings. The van der Waals surface area contributed by atoms with Crippen molar-refractivity contribution in [2.75, 3.05) is 0 Å². The van der Waals surface area contributed by atoms with Crippen molar-refractivity contribution in [3.05, 3.63) is 0 Å². The van der Waals surface area contributed by atoms with Gasteiger partial charge in [0.1, 0.15) is 0 Å². The van der Waals surface area contributed by atoms with E-state index in [9.17, 15) is 0 Å². The van der Waals surface area contributed by atoms with E-state index < -0.39 is 6.16 Å². The Bertz CT molecular complexity index is 33.8. The van der Waals surface area contributed by atoms with Crippen molar-refractivity contribution in [3.8, 4) is 0 Å². The summed E-state index contributed by atoms with van der Waals surface area (Å²) in [4.78, 5) is 8.56. The molecule has 0 amide bonds. The Morgan fingerprint density at radius 2 is 1.33 bits per heavy atom. The molecule has 0 atom stereocenters. The minimum Gasteiger partial charge on any atom is 0 e. The molecule has 0 heterocycles. The Morgan fingerprint density at radius 1 is 1.33 bits per heavy atom. The molecular weight excluding hydrogens is 189 g/mol. The third-order valence-corrected chi connectivity index (χ3v) is 0. The Labute approximate surface area is 90.0 Å². The smallest absolute Gasteiger partial charge is 0 e. The third kappa shape index (κ3) is 45.3. The molecule has 31 valence electrons. The van der Waals surface area contributed by atoms with Crippen molar-refractivity contribution in [1.29, 1.82) is 0 Å². The molecule has 0 aliphatic heterocycles. The van der Waals surface area contributed by atoms with Crippen LogP contribution < -0.4 is 0 Å². The SMILES string of the molecule is O=C(O)O.[CaH2].[Y]. The summed E-state index contributed by atoms with van der Waals surface area (Å²) in [6, 6.07) is 0. The second kappa shape index (κ2) is 9.81. The molecule has 0 spiro atoms. The van der Waals surface area contributed by atoms with Crippen LogP contribution in [0.2, 0.25) is 0 Å². The molecule has 0 bridgehead atoms. The maximum absolute atomic E-state index is 8.56. The van der Waals surface area contributed by atoms with E-state index >= 15 is 0 Å². The predicted octanol–water partition coefficient (Wildman–Crippen LogP) is -0.696. The van der Waals surface area contributed by atoms with Crippen molar-refractivity contribution in [2.45, 2.75) is 0 Å². The maximum atomic E-state index is 8.56. The maximum Gasteiger partial charge on any atom is 0 e. The molecule has 0 saturated heterocycles. The summed E-state index contributed by atoms with van der Waals surface area (Å²) in [7, 11) is 0. The van der Waals surface area contributed by atoms with Crippen LogP contribution in [-0.4, -0.2) is 54.1 Å². The molecular formula is CH4CaO3Y. The first-order chi connectivity index (χ1) is 1.73. The minimum atomic E-state index is -1.83. The van der Waals surface area contributed by atoms with E-state index in [2.05, 4.69) is 0 Å². The van der Waals surface area contributed by atoms with Gasteiger partial charge < -0.3 is 10.2 Å². The van der Waals surface area contributed by atoms with E-state index in [4.69, 9.17) is 15.0 Å². The van der Waals surface area contributed by atoms with E-state index in [1.54, 1.807) is 0 Å². The van der Waals surface area contributed by atoms with Gasteiger partial charge in [-0.15, -0.1) is 0 Å². The Morgan fingerprint density at radius 3 is 1.33 bits per heavy atom. The van der Waals surface area contributed by atoms with Gasteiger partial charge in [-0.25, -0.2) is 4.79 Å². The first-order valence-corrected chi connectivity index (χ1v) is 0.651. The summed E-state index contributed by atoms with van der Waals surface area (Å²) in [6.45, 7) is 0. The summed E-state index contributed by atoms with van der Waals surface area (Å²) in [5.41, 5.74) is 0. The minimum absolute atomic E-state index is 0. The topological polar surface area (TPSA) is 57.5 Å². The van der Waals surface area contributed by atoms with E-state index in [1.165, 1.54) is 0 Å². The van der Waals surface area contributed by atoms with Gasteiger partial charge in [-0.3, -0.25) is 0 Å². The average molecular weight is 193 g/mol. The molecule has 0 aromatic heterocycles. The molecule has 0 aromatic carbocycles. The van der Waals surface area contributed by atoms with Crippen molar-refractivity contribution < 1.29 is 47.7 Å². The average Bonchev–Trinajstić information content (AvgIpc) is 0.811. The molecule has 3 nitrogen and oxygen atoms in total. The number of carbonyl (C=O) groups is 1. The largest absolute Gasteiger partial charge is 0 e. The fourth-order valence-electron chi connectivity index (χ4n) is 0. The van der Waals surface area contributed by atoms with Crippen molar-refractivity contribution >= 4 is 43.9 Å². The summed E-state index contributed by atoms with van der Waals surface area (Å²) in [6.07, 6.45) is -1.83. The van der Waals surface area contributed by atoms with Crippen molar-refractivity contribution in [2.24, 2.45) is 0 Å². The molecule has 0 rings (SSSR count). The third-order valence-electron chi connectivity index (χ3n) is 0. The Kier molecular flexibility index (Phi) is 25.6. The van der Waals surface area contributed by atoms with Gasteiger partial charge in [0.05, 0.1) is 0 Å². The van der Waals surface area contributed by atoms with Crippen molar-refractivity contribution in [1.82, 2.24) is 0 Å². The van der Waals surface area contributed by atoms with E-state index in [0.717, 1.165) is 0 Å². The predicted molar refractivity (Wildman–Crippen MR) is 19.2 cm³/mol. The zero-order valence-electron chi connectivity index (χ0n) is 2.38. The fraction of sp³-hybridized carbons (Fsp3) is 0. The Balaban J connectivity index is -0.0000000450. The first-order valence-electron chi connectivity index (χ1n) is 0.651. The molecule has 6 heavy (non-hydrogen) atoms. The van der Waals surface area contributed by atoms with Crippen LogP contribution in [0.25, 0.3) is 0 Å². The molecule has 1 radical (unpaired) electrons. The van der Waals surface area contributed by atoms with Crippen LogP contribution in [0.4, 0.5) is 4.79 Å². The van der Waals surface area contributed by atoms with E-state index in [-0.39, 0.29) is 70.4 Å². The second-order valence-corrected chi connectivity index (χ2v) is 0.283. The van der Waals surface area contributed by atoms with Gasteiger partial charge in [0.2, 0.25) is 0 Å². The summed E-state index contributed by atoms with van der Waals surface area (Å²) in [5.74, 6) is 0. The monoisotopic (exact) mass is 193 g/mol. The van der Waals surface area contributed by atoms with Gasteiger partial charge in [0.25, 0.3) is 0 Å². The van der Waals surface area contributed by atoms with Crippen molar-refractivity contribution in [3.63, 3.8) is 0 Å². The molecule has 0 aliphatic carbocycles. The van der Waals surface area contributed by atoms with Crippen LogP contribution in [0.5, 0.6) is 0 Å². The molecule has 2 N–H and O–H groups in total. The van der Waals surface area contributed by atoms with Crippen LogP contribution in [-0.2, 0) is 32.7 Å². The van der Waals surface area contributed by atoms with Crippen LogP contribution in [0.1, 0.15) is 0 Å². The summed E-state index contributed by atoms with van der Waals surface area (Å²) >= 11 is 0. The molecule has 5 heteroatoms. The number of hydrogen-bond donors (Lipinski definition) is 2. The number of rotatable bonds is 0.